The first kappa shape index (κ1) is 24.5. The Kier molecular flexibility index (Phi) is 6.93. The molecule has 0 N–H and O–H groups in total. The topological polar surface area (TPSA) is 74.5 Å². The molecule has 0 aliphatic rings. The van der Waals surface area contributed by atoms with Crippen molar-refractivity contribution >= 4 is 28.3 Å². The number of benzene rings is 3. The van der Waals surface area contributed by atoms with Crippen LogP contribution >= 0.6 is 11.6 Å². The molecule has 0 atom stereocenters. The van der Waals surface area contributed by atoms with Crippen LogP contribution in [0.3, 0.4) is 0 Å². The van der Waals surface area contributed by atoms with Gasteiger partial charge >= 0.3 is 5.97 Å². The Labute approximate surface area is 219 Å². The zero-order chi connectivity index (χ0) is 25.9. The van der Waals surface area contributed by atoms with Crippen molar-refractivity contribution in [2.75, 3.05) is 7.11 Å². The Morgan fingerprint density at radius 2 is 1.73 bits per heavy atom. The molecular formula is C30H25ClN2O4. The number of nitrogens with zero attached hydrogens (tertiary/aromatic N) is 2. The van der Waals surface area contributed by atoms with Crippen LogP contribution in [0.25, 0.3) is 33.2 Å². The first-order valence-electron chi connectivity index (χ1n) is 11.9. The molecule has 2 heterocycles. The predicted molar refractivity (Wildman–Crippen MR) is 144 cm³/mol. The Bertz CT molecular complexity index is 1570. The van der Waals surface area contributed by atoms with E-state index in [9.17, 15) is 4.79 Å². The van der Waals surface area contributed by atoms with Gasteiger partial charge in [0.25, 0.3) is 0 Å². The summed E-state index contributed by atoms with van der Waals surface area (Å²) in [6, 6.07) is 23.2. The van der Waals surface area contributed by atoms with E-state index in [0.717, 1.165) is 44.5 Å². The molecule has 186 valence electrons. The number of pyridine rings is 1. The SMILES string of the molecule is COC(=O)c1cc2ccc(-c3ccc(OCc4c(-c5ccccc5Cl)noc4C(C)C)cc3)cc2cn1. The average molecular weight is 513 g/mol. The fourth-order valence-electron chi connectivity index (χ4n) is 4.22. The van der Waals surface area contributed by atoms with E-state index in [2.05, 4.69) is 24.0 Å². The van der Waals surface area contributed by atoms with E-state index < -0.39 is 5.97 Å². The molecule has 0 amide bonds. The summed E-state index contributed by atoms with van der Waals surface area (Å²) in [7, 11) is 1.35. The summed E-state index contributed by atoms with van der Waals surface area (Å²) in [6.45, 7) is 4.43. The van der Waals surface area contributed by atoms with Crippen molar-refractivity contribution in [2.24, 2.45) is 0 Å². The molecule has 0 bridgehead atoms. The number of methoxy groups -OCH3 is 1. The van der Waals surface area contributed by atoms with Gasteiger partial charge in [0, 0.05) is 23.1 Å². The van der Waals surface area contributed by atoms with Crippen LogP contribution in [0.15, 0.2) is 83.5 Å². The first-order chi connectivity index (χ1) is 17.9. The van der Waals surface area contributed by atoms with Crippen molar-refractivity contribution in [1.29, 1.82) is 0 Å². The zero-order valence-electron chi connectivity index (χ0n) is 20.7. The standard InChI is InChI=1S/C30H25ClN2O4/c1-18(2)29-25(28(33-37-29)24-6-4-5-7-26(24)31)17-36-23-12-10-19(11-13-23)20-8-9-21-15-27(30(34)35-3)32-16-22(21)14-20/h4-16,18H,17H2,1-3H3. The van der Waals surface area contributed by atoms with Gasteiger partial charge < -0.3 is 14.0 Å². The monoisotopic (exact) mass is 512 g/mol. The number of aromatic nitrogens is 2. The highest BCUT2D eigenvalue weighted by molar-refractivity contribution is 6.33. The van der Waals surface area contributed by atoms with Crippen LogP contribution in [-0.2, 0) is 11.3 Å². The molecule has 0 spiro atoms. The molecule has 0 radical (unpaired) electrons. The molecular weight excluding hydrogens is 488 g/mol. The fraction of sp³-hybridized carbons (Fsp3) is 0.167. The minimum Gasteiger partial charge on any atom is -0.489 e. The van der Waals surface area contributed by atoms with E-state index in [0.29, 0.717) is 17.3 Å². The van der Waals surface area contributed by atoms with Gasteiger partial charge in [-0.1, -0.05) is 73.1 Å². The third kappa shape index (κ3) is 5.06. The van der Waals surface area contributed by atoms with Crippen LogP contribution in [0.4, 0.5) is 0 Å². The number of hydrogen-bond acceptors (Lipinski definition) is 6. The van der Waals surface area contributed by atoms with Crippen LogP contribution in [0.1, 0.15) is 41.6 Å². The average Bonchev–Trinajstić information content (AvgIpc) is 3.35. The maximum absolute atomic E-state index is 11.8. The molecule has 0 aliphatic heterocycles. The summed E-state index contributed by atoms with van der Waals surface area (Å²) in [4.78, 5) is 16.0. The molecule has 7 heteroatoms. The van der Waals surface area contributed by atoms with Crippen molar-refractivity contribution < 1.29 is 18.8 Å². The second kappa shape index (κ2) is 10.4. The number of halogens is 1. The predicted octanol–water partition coefficient (Wildman–Crippen LogP) is 7.70. The summed E-state index contributed by atoms with van der Waals surface area (Å²) in [6.07, 6.45) is 1.68. The van der Waals surface area contributed by atoms with Crippen LogP contribution in [0, 0.1) is 0 Å². The Hall–Kier alpha value is -4.16. The Morgan fingerprint density at radius 3 is 2.46 bits per heavy atom. The highest BCUT2D eigenvalue weighted by Gasteiger charge is 2.22. The molecule has 0 unspecified atom stereocenters. The van der Waals surface area contributed by atoms with Gasteiger partial charge in [0.1, 0.15) is 29.5 Å². The molecule has 0 aliphatic carbocycles. The summed E-state index contributed by atoms with van der Waals surface area (Å²) < 4.78 is 16.6. The van der Waals surface area contributed by atoms with E-state index >= 15 is 0 Å². The van der Waals surface area contributed by atoms with Crippen LogP contribution < -0.4 is 4.74 Å². The van der Waals surface area contributed by atoms with Gasteiger partial charge in [-0.25, -0.2) is 9.78 Å². The van der Waals surface area contributed by atoms with Gasteiger partial charge in [-0.3, -0.25) is 0 Å². The number of rotatable bonds is 7. The summed E-state index contributed by atoms with van der Waals surface area (Å²) in [5, 5.41) is 6.78. The van der Waals surface area contributed by atoms with Crippen LogP contribution in [0.5, 0.6) is 5.75 Å². The largest absolute Gasteiger partial charge is 0.489 e. The number of esters is 1. The lowest BCUT2D eigenvalue weighted by Gasteiger charge is -2.11. The van der Waals surface area contributed by atoms with Gasteiger partial charge in [0.2, 0.25) is 0 Å². The van der Waals surface area contributed by atoms with Crippen molar-refractivity contribution in [3.8, 4) is 28.1 Å². The lowest BCUT2D eigenvalue weighted by Crippen LogP contribution is -2.03. The lowest BCUT2D eigenvalue weighted by molar-refractivity contribution is 0.0594. The van der Waals surface area contributed by atoms with Crippen molar-refractivity contribution in [3.63, 3.8) is 0 Å². The zero-order valence-corrected chi connectivity index (χ0v) is 21.5. The fourth-order valence-corrected chi connectivity index (χ4v) is 4.44. The van der Waals surface area contributed by atoms with Gasteiger partial charge in [0.05, 0.1) is 17.7 Å². The second-order valence-electron chi connectivity index (χ2n) is 8.94. The molecule has 6 nitrogen and oxygen atoms in total. The van der Waals surface area contributed by atoms with E-state index in [1.54, 1.807) is 12.3 Å². The van der Waals surface area contributed by atoms with Gasteiger partial charge in [-0.15, -0.1) is 0 Å². The molecule has 0 fully saturated rings. The highest BCUT2D eigenvalue weighted by Crippen LogP contribution is 2.35. The first-order valence-corrected chi connectivity index (χ1v) is 12.3. The summed E-state index contributed by atoms with van der Waals surface area (Å²) in [5.74, 6) is 1.21. The second-order valence-corrected chi connectivity index (χ2v) is 9.35. The van der Waals surface area contributed by atoms with Gasteiger partial charge in [-0.2, -0.15) is 0 Å². The van der Waals surface area contributed by atoms with Gasteiger partial charge in [0.15, 0.2) is 0 Å². The van der Waals surface area contributed by atoms with Gasteiger partial charge in [-0.05, 0) is 46.8 Å². The normalized spacial score (nSPS) is 11.2. The Balaban J connectivity index is 1.36. The summed E-state index contributed by atoms with van der Waals surface area (Å²) >= 11 is 6.43. The smallest absolute Gasteiger partial charge is 0.356 e. The molecule has 37 heavy (non-hydrogen) atoms. The molecule has 5 aromatic rings. The van der Waals surface area contributed by atoms with E-state index in [4.69, 9.17) is 25.6 Å². The maximum Gasteiger partial charge on any atom is 0.356 e. The molecule has 0 saturated heterocycles. The lowest BCUT2D eigenvalue weighted by atomic mass is 10.0. The number of hydrogen-bond donors (Lipinski definition) is 0. The minimum atomic E-state index is -0.452. The number of fused-ring (bicyclic) bond motifs is 1. The third-order valence-corrected chi connectivity index (χ3v) is 6.49. The minimum absolute atomic E-state index is 0.149. The van der Waals surface area contributed by atoms with E-state index in [1.807, 2.05) is 66.7 Å². The number of carbonyl (C=O) groups excluding carboxylic acids is 1. The quantitative estimate of drug-likeness (QED) is 0.208. The van der Waals surface area contributed by atoms with E-state index in [1.165, 1.54) is 7.11 Å². The Morgan fingerprint density at radius 1 is 0.973 bits per heavy atom. The molecule has 3 aromatic carbocycles. The molecule has 2 aromatic heterocycles. The van der Waals surface area contributed by atoms with Crippen molar-refractivity contribution in [3.05, 3.63) is 101 Å². The van der Waals surface area contributed by atoms with E-state index in [-0.39, 0.29) is 11.6 Å². The summed E-state index contributed by atoms with van der Waals surface area (Å²) in [5.41, 5.74) is 4.77. The maximum atomic E-state index is 11.8. The third-order valence-electron chi connectivity index (χ3n) is 6.16. The number of carbonyl (C=O) groups is 1. The van der Waals surface area contributed by atoms with Crippen LogP contribution in [-0.4, -0.2) is 23.2 Å². The van der Waals surface area contributed by atoms with Crippen molar-refractivity contribution in [1.82, 2.24) is 10.1 Å². The van der Waals surface area contributed by atoms with Crippen LogP contribution in [0.2, 0.25) is 5.02 Å². The molecule has 0 saturated carbocycles. The highest BCUT2D eigenvalue weighted by atomic mass is 35.5. The number of ether oxygens (including phenoxy) is 2. The van der Waals surface area contributed by atoms with Crippen molar-refractivity contribution in [2.45, 2.75) is 26.4 Å². The molecule has 5 rings (SSSR count).